The van der Waals surface area contributed by atoms with Crippen molar-refractivity contribution in [2.45, 2.75) is 39.7 Å². The fourth-order valence-electron chi connectivity index (χ4n) is 2.65. The molecular formula is C20H27ClN2O3. The molecule has 0 bridgehead atoms. The minimum atomic E-state index is -0.121. The van der Waals surface area contributed by atoms with Crippen molar-refractivity contribution < 1.29 is 9.47 Å². The highest BCUT2D eigenvalue weighted by Crippen LogP contribution is 2.31. The number of nitrogens with zero attached hydrogens (tertiary/aromatic N) is 1. The van der Waals surface area contributed by atoms with Crippen molar-refractivity contribution in [1.82, 2.24) is 4.57 Å². The molecular weight excluding hydrogens is 352 g/mol. The second kappa shape index (κ2) is 10.1. The van der Waals surface area contributed by atoms with Crippen molar-refractivity contribution in [2.75, 3.05) is 25.6 Å². The second-order valence-corrected chi connectivity index (χ2v) is 6.47. The number of rotatable bonds is 10. The van der Waals surface area contributed by atoms with Crippen LogP contribution in [0, 0.1) is 0 Å². The smallest absolute Gasteiger partial charge is 0.254 e. The predicted octanol–water partition coefficient (Wildman–Crippen LogP) is 4.56. The maximum atomic E-state index is 12.4. The first-order valence-corrected chi connectivity index (χ1v) is 9.40. The van der Waals surface area contributed by atoms with Gasteiger partial charge < -0.3 is 19.4 Å². The molecule has 6 heteroatoms. The van der Waals surface area contributed by atoms with Gasteiger partial charge in [0.25, 0.3) is 5.56 Å². The van der Waals surface area contributed by atoms with Gasteiger partial charge in [-0.3, -0.25) is 4.79 Å². The van der Waals surface area contributed by atoms with Crippen molar-refractivity contribution >= 4 is 17.3 Å². The lowest BCUT2D eigenvalue weighted by atomic mass is 10.1. The Bertz CT molecular complexity index is 774. The molecule has 0 saturated carbocycles. The summed E-state index contributed by atoms with van der Waals surface area (Å²) in [5.41, 5.74) is 1.54. The highest BCUT2D eigenvalue weighted by molar-refractivity contribution is 6.31. The van der Waals surface area contributed by atoms with Gasteiger partial charge in [-0.1, -0.05) is 31.4 Å². The summed E-state index contributed by atoms with van der Waals surface area (Å²) in [6.07, 6.45) is 4.99. The van der Waals surface area contributed by atoms with Crippen molar-refractivity contribution in [1.29, 1.82) is 0 Å². The first-order valence-electron chi connectivity index (χ1n) is 9.02. The number of hydrogen-bond donors (Lipinski definition) is 1. The highest BCUT2D eigenvalue weighted by atomic mass is 35.5. The number of pyridine rings is 1. The minimum Gasteiger partial charge on any atom is -0.495 e. The Balaban J connectivity index is 2.14. The summed E-state index contributed by atoms with van der Waals surface area (Å²) in [4.78, 5) is 12.4. The van der Waals surface area contributed by atoms with E-state index in [9.17, 15) is 4.79 Å². The standard InChI is InChI=1S/C20H27ClN2O3/c1-4-6-7-10-26-16-8-9-23(20(24)12-16)14-15-11-19(25-3)18(22-5-2)13-17(15)21/h8-9,11-13,22H,4-7,10,14H2,1-3H3. The van der Waals surface area contributed by atoms with E-state index in [1.807, 2.05) is 25.1 Å². The molecule has 0 saturated heterocycles. The number of halogens is 1. The zero-order chi connectivity index (χ0) is 18.9. The number of unbranched alkanes of at least 4 members (excludes halogenated alkanes) is 2. The molecule has 0 amide bonds. The Labute approximate surface area is 159 Å². The first kappa shape index (κ1) is 20.2. The Hall–Kier alpha value is -2.14. The van der Waals surface area contributed by atoms with Gasteiger partial charge in [0.2, 0.25) is 0 Å². The fraction of sp³-hybridized carbons (Fsp3) is 0.450. The molecule has 1 heterocycles. The molecule has 0 atom stereocenters. The van der Waals surface area contributed by atoms with Crippen LogP contribution in [0.2, 0.25) is 5.02 Å². The molecule has 1 aromatic carbocycles. The Morgan fingerprint density at radius 2 is 2.00 bits per heavy atom. The van der Waals surface area contributed by atoms with Gasteiger partial charge in [-0.2, -0.15) is 0 Å². The summed E-state index contributed by atoms with van der Waals surface area (Å²) in [6.45, 7) is 5.92. The Morgan fingerprint density at radius 3 is 2.65 bits per heavy atom. The van der Waals surface area contributed by atoms with E-state index in [2.05, 4.69) is 12.2 Å². The molecule has 0 fully saturated rings. The maximum Gasteiger partial charge on any atom is 0.254 e. The number of nitrogens with one attached hydrogen (secondary N) is 1. The van der Waals surface area contributed by atoms with E-state index in [1.165, 1.54) is 6.07 Å². The Morgan fingerprint density at radius 1 is 1.19 bits per heavy atom. The van der Waals surface area contributed by atoms with Crippen LogP contribution in [0.5, 0.6) is 11.5 Å². The van der Waals surface area contributed by atoms with Crippen LogP contribution < -0.4 is 20.3 Å². The van der Waals surface area contributed by atoms with E-state index >= 15 is 0 Å². The van der Waals surface area contributed by atoms with Crippen molar-refractivity contribution in [2.24, 2.45) is 0 Å². The number of methoxy groups -OCH3 is 1. The number of hydrogen-bond acceptors (Lipinski definition) is 4. The quantitative estimate of drug-likeness (QED) is 0.616. The highest BCUT2D eigenvalue weighted by Gasteiger charge is 2.10. The fourth-order valence-corrected chi connectivity index (χ4v) is 2.87. The first-order chi connectivity index (χ1) is 12.6. The van der Waals surface area contributed by atoms with Gasteiger partial charge in [0.15, 0.2) is 0 Å². The lowest BCUT2D eigenvalue weighted by Crippen LogP contribution is -2.19. The molecule has 0 aliphatic carbocycles. The number of aromatic nitrogens is 1. The Kier molecular flexibility index (Phi) is 7.85. The van der Waals surface area contributed by atoms with E-state index < -0.39 is 0 Å². The van der Waals surface area contributed by atoms with Gasteiger partial charge in [0, 0.05) is 23.8 Å². The van der Waals surface area contributed by atoms with Crippen LogP contribution in [0.1, 0.15) is 38.7 Å². The molecule has 0 aliphatic rings. The average Bonchev–Trinajstić information content (AvgIpc) is 2.63. The molecule has 0 spiro atoms. The summed E-state index contributed by atoms with van der Waals surface area (Å²) < 4.78 is 12.6. The third-order valence-electron chi connectivity index (χ3n) is 4.06. The van der Waals surface area contributed by atoms with Crippen LogP contribution in [0.15, 0.2) is 35.3 Å². The molecule has 0 radical (unpaired) electrons. The third kappa shape index (κ3) is 5.43. The van der Waals surface area contributed by atoms with E-state index in [-0.39, 0.29) is 5.56 Å². The van der Waals surface area contributed by atoms with Crippen LogP contribution in [-0.2, 0) is 6.54 Å². The number of ether oxygens (including phenoxy) is 2. The summed E-state index contributed by atoms with van der Waals surface area (Å²) >= 11 is 6.39. The zero-order valence-corrected chi connectivity index (χ0v) is 16.4. The van der Waals surface area contributed by atoms with E-state index in [0.29, 0.717) is 29.7 Å². The van der Waals surface area contributed by atoms with Crippen LogP contribution in [0.4, 0.5) is 5.69 Å². The van der Waals surface area contributed by atoms with Crippen molar-refractivity contribution in [3.63, 3.8) is 0 Å². The summed E-state index contributed by atoms with van der Waals surface area (Å²) in [7, 11) is 1.62. The summed E-state index contributed by atoms with van der Waals surface area (Å²) in [6, 6.07) is 7.02. The van der Waals surface area contributed by atoms with Gasteiger partial charge in [-0.25, -0.2) is 0 Å². The second-order valence-electron chi connectivity index (χ2n) is 6.06. The maximum absolute atomic E-state index is 12.4. The SMILES string of the molecule is CCCCCOc1ccn(Cc2cc(OC)c(NCC)cc2Cl)c(=O)c1. The van der Waals surface area contributed by atoms with E-state index in [1.54, 1.807) is 17.9 Å². The largest absolute Gasteiger partial charge is 0.495 e. The predicted molar refractivity (Wildman–Crippen MR) is 107 cm³/mol. The summed E-state index contributed by atoms with van der Waals surface area (Å²) in [5, 5.41) is 3.80. The molecule has 0 aliphatic heterocycles. The molecule has 26 heavy (non-hydrogen) atoms. The molecule has 142 valence electrons. The number of anilines is 1. The summed E-state index contributed by atoms with van der Waals surface area (Å²) in [5.74, 6) is 1.31. The van der Waals surface area contributed by atoms with Crippen LogP contribution in [0.25, 0.3) is 0 Å². The van der Waals surface area contributed by atoms with Gasteiger partial charge in [0.05, 0.1) is 25.9 Å². The molecule has 1 N–H and O–H groups in total. The van der Waals surface area contributed by atoms with Gasteiger partial charge in [0.1, 0.15) is 11.5 Å². The zero-order valence-electron chi connectivity index (χ0n) is 15.7. The topological polar surface area (TPSA) is 52.5 Å². The van der Waals surface area contributed by atoms with Crippen LogP contribution >= 0.6 is 11.6 Å². The normalized spacial score (nSPS) is 10.6. The molecule has 5 nitrogen and oxygen atoms in total. The number of benzene rings is 1. The van der Waals surface area contributed by atoms with Crippen molar-refractivity contribution in [3.8, 4) is 11.5 Å². The van der Waals surface area contributed by atoms with E-state index in [4.69, 9.17) is 21.1 Å². The van der Waals surface area contributed by atoms with E-state index in [0.717, 1.165) is 37.1 Å². The van der Waals surface area contributed by atoms with Crippen LogP contribution in [0.3, 0.4) is 0 Å². The van der Waals surface area contributed by atoms with Gasteiger partial charge in [-0.05, 0) is 37.1 Å². The van der Waals surface area contributed by atoms with Gasteiger partial charge in [-0.15, -0.1) is 0 Å². The average molecular weight is 379 g/mol. The monoisotopic (exact) mass is 378 g/mol. The van der Waals surface area contributed by atoms with Crippen LogP contribution in [-0.4, -0.2) is 24.8 Å². The third-order valence-corrected chi connectivity index (χ3v) is 4.41. The van der Waals surface area contributed by atoms with Gasteiger partial charge >= 0.3 is 0 Å². The molecule has 2 aromatic rings. The molecule has 2 rings (SSSR count). The lowest BCUT2D eigenvalue weighted by molar-refractivity contribution is 0.305. The van der Waals surface area contributed by atoms with Crippen molar-refractivity contribution in [3.05, 3.63) is 51.4 Å². The molecule has 0 unspecified atom stereocenters. The minimum absolute atomic E-state index is 0.121. The molecule has 1 aromatic heterocycles. The lowest BCUT2D eigenvalue weighted by Gasteiger charge is -2.14.